The Hall–Kier alpha value is -1.70. The van der Waals surface area contributed by atoms with Gasteiger partial charge in [-0.2, -0.15) is 8.42 Å². The second-order valence-electron chi connectivity index (χ2n) is 5.30. The summed E-state index contributed by atoms with van der Waals surface area (Å²) in [6.45, 7) is 9.51. The monoisotopic (exact) mass is 343 g/mol. The van der Waals surface area contributed by atoms with Gasteiger partial charge in [-0.1, -0.05) is 37.6 Å². The summed E-state index contributed by atoms with van der Waals surface area (Å²) in [4.78, 5) is 11.0. The summed E-state index contributed by atoms with van der Waals surface area (Å²) in [5, 5.41) is 0. The SMILES string of the molecule is C=CCCOC(=O)[C@@H](N)C(C)C.Cc1ccc(S(=O)(=O)O)cc1. The molecule has 23 heavy (non-hydrogen) atoms. The van der Waals surface area contributed by atoms with Crippen LogP contribution in [0.4, 0.5) is 0 Å². The molecule has 0 saturated heterocycles. The summed E-state index contributed by atoms with van der Waals surface area (Å²) in [7, 11) is -4.02. The van der Waals surface area contributed by atoms with Crippen molar-refractivity contribution in [2.45, 2.75) is 38.1 Å². The Morgan fingerprint density at radius 2 is 1.87 bits per heavy atom. The highest BCUT2D eigenvalue weighted by Crippen LogP contribution is 2.08. The Morgan fingerprint density at radius 3 is 2.26 bits per heavy atom. The molecule has 130 valence electrons. The lowest BCUT2D eigenvalue weighted by Gasteiger charge is -2.13. The number of hydrogen-bond donors (Lipinski definition) is 2. The van der Waals surface area contributed by atoms with Crippen molar-refractivity contribution in [2.24, 2.45) is 11.7 Å². The quantitative estimate of drug-likeness (QED) is 0.355. The van der Waals surface area contributed by atoms with E-state index in [4.69, 9.17) is 15.0 Å². The zero-order valence-electron chi connectivity index (χ0n) is 13.7. The van der Waals surface area contributed by atoms with Crippen molar-refractivity contribution in [1.29, 1.82) is 0 Å². The van der Waals surface area contributed by atoms with Crippen LogP contribution in [0.2, 0.25) is 0 Å². The van der Waals surface area contributed by atoms with Crippen molar-refractivity contribution in [1.82, 2.24) is 0 Å². The standard InChI is InChI=1S/C9H17NO2.C7H8O3S/c1-4-5-6-12-9(11)8(10)7(2)3;1-6-2-4-7(5-3-6)11(8,9)10/h4,7-8H,1,5-6,10H2,2-3H3;2-5H,1H3,(H,8,9,10)/t8-;/m0./s1. The highest BCUT2D eigenvalue weighted by molar-refractivity contribution is 7.85. The lowest BCUT2D eigenvalue weighted by Crippen LogP contribution is -2.37. The fourth-order valence-electron chi connectivity index (χ4n) is 1.32. The van der Waals surface area contributed by atoms with Gasteiger partial charge >= 0.3 is 5.97 Å². The third-order valence-electron chi connectivity index (χ3n) is 2.88. The lowest BCUT2D eigenvalue weighted by molar-refractivity contribution is -0.146. The minimum absolute atomic E-state index is 0.0666. The third kappa shape index (κ3) is 9.12. The van der Waals surface area contributed by atoms with Gasteiger partial charge in [-0.15, -0.1) is 6.58 Å². The van der Waals surface area contributed by atoms with Crippen molar-refractivity contribution in [3.63, 3.8) is 0 Å². The van der Waals surface area contributed by atoms with E-state index in [-0.39, 0.29) is 16.8 Å². The average molecular weight is 343 g/mol. The molecule has 0 aromatic heterocycles. The van der Waals surface area contributed by atoms with Crippen molar-refractivity contribution in [2.75, 3.05) is 6.61 Å². The maximum atomic E-state index is 11.1. The minimum atomic E-state index is -4.02. The number of hydrogen-bond acceptors (Lipinski definition) is 5. The maximum Gasteiger partial charge on any atom is 0.323 e. The van der Waals surface area contributed by atoms with Gasteiger partial charge < -0.3 is 10.5 Å². The zero-order valence-corrected chi connectivity index (χ0v) is 14.5. The van der Waals surface area contributed by atoms with Crippen LogP contribution < -0.4 is 5.73 Å². The van der Waals surface area contributed by atoms with Crippen molar-refractivity contribution < 1.29 is 22.5 Å². The first-order valence-corrected chi connectivity index (χ1v) is 8.60. The highest BCUT2D eigenvalue weighted by atomic mass is 32.2. The Bertz CT molecular complexity index is 593. The Labute approximate surface area is 138 Å². The van der Waals surface area contributed by atoms with Gasteiger partial charge in [0.25, 0.3) is 10.1 Å². The van der Waals surface area contributed by atoms with Crippen LogP contribution in [0.3, 0.4) is 0 Å². The van der Waals surface area contributed by atoms with E-state index in [1.54, 1.807) is 18.2 Å². The third-order valence-corrected chi connectivity index (χ3v) is 3.74. The van der Waals surface area contributed by atoms with Crippen LogP contribution in [-0.2, 0) is 19.6 Å². The molecule has 0 aliphatic rings. The second kappa shape index (κ2) is 10.1. The van der Waals surface area contributed by atoms with Crippen LogP contribution in [0.25, 0.3) is 0 Å². The molecule has 0 spiro atoms. The van der Waals surface area contributed by atoms with Gasteiger partial charge in [-0.25, -0.2) is 0 Å². The summed E-state index contributed by atoms with van der Waals surface area (Å²) in [5.74, 6) is -0.201. The first kappa shape index (κ1) is 21.3. The number of benzene rings is 1. The number of ether oxygens (including phenoxy) is 1. The molecule has 1 aromatic carbocycles. The number of rotatable bonds is 6. The molecule has 0 aliphatic heterocycles. The van der Waals surface area contributed by atoms with E-state index in [0.29, 0.717) is 13.0 Å². The predicted molar refractivity (Wildman–Crippen MR) is 89.6 cm³/mol. The molecule has 0 heterocycles. The molecule has 0 saturated carbocycles. The predicted octanol–water partition coefficient (Wildman–Crippen LogP) is 2.33. The van der Waals surface area contributed by atoms with Crippen molar-refractivity contribution in [3.8, 4) is 0 Å². The molecule has 0 aliphatic carbocycles. The molecule has 0 unspecified atom stereocenters. The summed E-state index contributed by atoms with van der Waals surface area (Å²) in [6.07, 6.45) is 2.38. The van der Waals surface area contributed by atoms with Gasteiger partial charge in [-0.3, -0.25) is 9.35 Å². The lowest BCUT2D eigenvalue weighted by atomic mass is 10.1. The molecule has 3 N–H and O–H groups in total. The minimum Gasteiger partial charge on any atom is -0.464 e. The van der Waals surface area contributed by atoms with Gasteiger partial charge in [0.2, 0.25) is 0 Å². The van der Waals surface area contributed by atoms with Crippen molar-refractivity contribution in [3.05, 3.63) is 42.5 Å². The molecule has 0 radical (unpaired) electrons. The number of carbonyl (C=O) groups is 1. The van der Waals surface area contributed by atoms with Crippen LogP contribution >= 0.6 is 0 Å². The fourth-order valence-corrected chi connectivity index (χ4v) is 1.80. The second-order valence-corrected chi connectivity index (χ2v) is 6.72. The van der Waals surface area contributed by atoms with Gasteiger partial charge in [0.05, 0.1) is 11.5 Å². The Balaban J connectivity index is 0.000000422. The molecule has 7 heteroatoms. The summed E-state index contributed by atoms with van der Waals surface area (Å²) in [5.41, 5.74) is 6.50. The number of esters is 1. The number of carbonyl (C=O) groups excluding carboxylic acids is 1. The van der Waals surface area contributed by atoms with E-state index in [0.717, 1.165) is 5.56 Å². The molecular formula is C16H25NO5S. The summed E-state index contributed by atoms with van der Waals surface area (Å²) in [6, 6.07) is 5.48. The van der Waals surface area contributed by atoms with E-state index in [1.165, 1.54) is 12.1 Å². The smallest absolute Gasteiger partial charge is 0.323 e. The van der Waals surface area contributed by atoms with Gasteiger partial charge in [0.1, 0.15) is 6.04 Å². The molecule has 1 atom stereocenters. The van der Waals surface area contributed by atoms with Gasteiger partial charge in [0, 0.05) is 0 Å². The van der Waals surface area contributed by atoms with Gasteiger partial charge in [-0.05, 0) is 31.4 Å². The fraction of sp³-hybridized carbons (Fsp3) is 0.438. The Kier molecular flexibility index (Phi) is 9.40. The first-order valence-electron chi connectivity index (χ1n) is 7.16. The van der Waals surface area contributed by atoms with E-state index in [2.05, 4.69) is 6.58 Å². The maximum absolute atomic E-state index is 11.1. The van der Waals surface area contributed by atoms with Crippen molar-refractivity contribution >= 4 is 16.1 Å². The molecule has 0 bridgehead atoms. The molecule has 0 amide bonds. The van der Waals surface area contributed by atoms with Gasteiger partial charge in [0.15, 0.2) is 0 Å². The zero-order chi connectivity index (χ0) is 18.0. The highest BCUT2D eigenvalue weighted by Gasteiger charge is 2.17. The molecule has 6 nitrogen and oxygen atoms in total. The largest absolute Gasteiger partial charge is 0.464 e. The summed E-state index contributed by atoms with van der Waals surface area (Å²) < 4.78 is 34.4. The van der Waals surface area contributed by atoms with Crippen LogP contribution in [0.15, 0.2) is 41.8 Å². The normalized spacial score (nSPS) is 12.1. The van der Waals surface area contributed by atoms with E-state index in [9.17, 15) is 13.2 Å². The van der Waals surface area contributed by atoms with E-state index >= 15 is 0 Å². The van der Waals surface area contributed by atoms with E-state index in [1.807, 2.05) is 20.8 Å². The first-order chi connectivity index (χ1) is 10.6. The molecule has 1 aromatic rings. The summed E-state index contributed by atoms with van der Waals surface area (Å²) >= 11 is 0. The van der Waals surface area contributed by atoms with Crippen LogP contribution in [0.5, 0.6) is 0 Å². The number of nitrogens with two attached hydrogens (primary N) is 1. The van der Waals surface area contributed by atoms with Crippen LogP contribution in [0, 0.1) is 12.8 Å². The topological polar surface area (TPSA) is 107 Å². The average Bonchev–Trinajstić information content (AvgIpc) is 2.46. The number of aryl methyl sites for hydroxylation is 1. The Morgan fingerprint density at radius 1 is 1.35 bits per heavy atom. The van der Waals surface area contributed by atoms with Crippen LogP contribution in [-0.4, -0.2) is 31.6 Å². The molecule has 0 fully saturated rings. The van der Waals surface area contributed by atoms with Crippen LogP contribution in [0.1, 0.15) is 25.8 Å². The molecule has 1 rings (SSSR count). The van der Waals surface area contributed by atoms with E-state index < -0.39 is 16.2 Å². The molecular weight excluding hydrogens is 318 g/mol.